The van der Waals surface area contributed by atoms with E-state index < -0.39 is 5.41 Å². The fraction of sp³-hybridized carbons (Fsp3) is 0.0189. The van der Waals surface area contributed by atoms with E-state index >= 15 is 0 Å². The number of thiophene rings is 1. The molecule has 258 valence electrons. The van der Waals surface area contributed by atoms with Crippen LogP contribution in [0.5, 0.6) is 0 Å². The van der Waals surface area contributed by atoms with Crippen molar-refractivity contribution < 1.29 is 0 Å². The number of nitrogens with zero attached hydrogens (tertiary/aromatic N) is 1. The van der Waals surface area contributed by atoms with Gasteiger partial charge in [-0.15, -0.1) is 11.3 Å². The van der Waals surface area contributed by atoms with Gasteiger partial charge in [-0.2, -0.15) is 0 Å². The zero-order valence-electron chi connectivity index (χ0n) is 30.1. The van der Waals surface area contributed by atoms with Crippen molar-refractivity contribution in [3.05, 3.63) is 235 Å². The highest BCUT2D eigenvalue weighted by molar-refractivity contribution is 7.26. The minimum atomic E-state index is -0.438. The molecular weight excluding hydrogens is 683 g/mol. The molecule has 55 heavy (non-hydrogen) atoms. The number of fused-ring (bicyclic) bond motifs is 7. The maximum atomic E-state index is 2.42. The average molecular weight is 718 g/mol. The van der Waals surface area contributed by atoms with Crippen molar-refractivity contribution in [2.45, 2.75) is 5.41 Å². The lowest BCUT2D eigenvalue weighted by atomic mass is 9.68. The highest BCUT2D eigenvalue weighted by Gasteiger charge is 2.45. The van der Waals surface area contributed by atoms with E-state index in [0.717, 1.165) is 17.1 Å². The second kappa shape index (κ2) is 12.7. The summed E-state index contributed by atoms with van der Waals surface area (Å²) in [6.45, 7) is 0. The monoisotopic (exact) mass is 717 g/mol. The van der Waals surface area contributed by atoms with Crippen molar-refractivity contribution in [3.8, 4) is 22.3 Å². The Labute approximate surface area is 325 Å². The van der Waals surface area contributed by atoms with E-state index in [9.17, 15) is 0 Å². The Bertz CT molecular complexity index is 2980. The van der Waals surface area contributed by atoms with Gasteiger partial charge in [-0.05, 0) is 86.3 Å². The van der Waals surface area contributed by atoms with Crippen LogP contribution in [0.1, 0.15) is 22.3 Å². The third-order valence-electron chi connectivity index (χ3n) is 11.6. The van der Waals surface area contributed by atoms with Crippen LogP contribution in [-0.4, -0.2) is 0 Å². The Hall–Kier alpha value is -6.74. The van der Waals surface area contributed by atoms with E-state index in [1.807, 2.05) is 11.3 Å². The van der Waals surface area contributed by atoms with Gasteiger partial charge in [0.15, 0.2) is 0 Å². The molecule has 0 spiro atoms. The number of benzene rings is 9. The highest BCUT2D eigenvalue weighted by Crippen LogP contribution is 2.56. The molecule has 0 saturated carbocycles. The minimum absolute atomic E-state index is 0.438. The van der Waals surface area contributed by atoms with Crippen molar-refractivity contribution in [1.82, 2.24) is 0 Å². The van der Waals surface area contributed by atoms with Crippen molar-refractivity contribution in [1.29, 1.82) is 0 Å². The van der Waals surface area contributed by atoms with Gasteiger partial charge in [-0.25, -0.2) is 0 Å². The lowest BCUT2D eigenvalue weighted by molar-refractivity contribution is 0.768. The Morgan fingerprint density at radius 1 is 0.364 bits per heavy atom. The quantitative estimate of drug-likeness (QED) is 0.166. The standard InChI is InChI=1S/C53H35NS/c1-2-16-38(17-3-1)53(48-24-9-6-19-44(48)45-20-7-10-25-49(45)53)39-30-34-41(35-31-39)54(50-26-12-15-36-14-4-5-18-42(36)50)40-32-28-37(29-33-40)43-22-13-23-47-46-21-8-11-27-51(46)55-52(43)47/h1-35H. The Kier molecular flexibility index (Phi) is 7.33. The second-order valence-electron chi connectivity index (χ2n) is 14.4. The Morgan fingerprint density at radius 3 is 1.64 bits per heavy atom. The molecule has 0 unspecified atom stereocenters. The topological polar surface area (TPSA) is 3.24 Å². The number of hydrogen-bond acceptors (Lipinski definition) is 2. The normalized spacial score (nSPS) is 12.9. The molecule has 1 aliphatic rings. The van der Waals surface area contributed by atoms with Crippen molar-refractivity contribution in [2.75, 3.05) is 4.90 Å². The van der Waals surface area contributed by atoms with Gasteiger partial charge in [0.05, 0.1) is 11.1 Å². The average Bonchev–Trinajstić information content (AvgIpc) is 3.79. The van der Waals surface area contributed by atoms with E-state index in [4.69, 9.17) is 0 Å². The maximum Gasteiger partial charge on any atom is 0.0713 e. The van der Waals surface area contributed by atoms with Crippen LogP contribution in [0.2, 0.25) is 0 Å². The summed E-state index contributed by atoms with van der Waals surface area (Å²) in [5, 5.41) is 5.08. The van der Waals surface area contributed by atoms with Crippen LogP contribution in [-0.2, 0) is 5.41 Å². The molecule has 9 aromatic carbocycles. The summed E-state index contributed by atoms with van der Waals surface area (Å²) in [6.07, 6.45) is 0. The maximum absolute atomic E-state index is 2.42. The van der Waals surface area contributed by atoms with Gasteiger partial charge in [0, 0.05) is 36.9 Å². The van der Waals surface area contributed by atoms with E-state index in [1.54, 1.807) is 0 Å². The van der Waals surface area contributed by atoms with Crippen LogP contribution in [0.25, 0.3) is 53.2 Å². The van der Waals surface area contributed by atoms with E-state index in [0.29, 0.717) is 0 Å². The van der Waals surface area contributed by atoms with Crippen LogP contribution in [0.4, 0.5) is 17.1 Å². The first-order valence-electron chi connectivity index (χ1n) is 18.9. The van der Waals surface area contributed by atoms with Gasteiger partial charge in [-0.1, -0.05) is 176 Å². The van der Waals surface area contributed by atoms with Crippen LogP contribution in [0.15, 0.2) is 212 Å². The first-order valence-corrected chi connectivity index (χ1v) is 19.7. The molecule has 0 radical (unpaired) electrons. The summed E-state index contributed by atoms with van der Waals surface area (Å²) in [5.74, 6) is 0. The molecule has 0 bridgehead atoms. The van der Waals surface area contributed by atoms with Crippen LogP contribution < -0.4 is 4.90 Å². The SMILES string of the molecule is c1ccc(C2(c3ccc(N(c4ccc(-c5cccc6c5sc5ccccc56)cc4)c4cccc5ccccc45)cc3)c3ccccc3-c3ccccc32)cc1. The number of hydrogen-bond donors (Lipinski definition) is 0. The van der Waals surface area contributed by atoms with Gasteiger partial charge in [-0.3, -0.25) is 0 Å². The van der Waals surface area contributed by atoms with Gasteiger partial charge >= 0.3 is 0 Å². The first kappa shape index (κ1) is 31.8. The van der Waals surface area contributed by atoms with E-state index in [-0.39, 0.29) is 0 Å². The number of rotatable bonds is 6. The molecule has 0 aliphatic heterocycles. The fourth-order valence-corrected chi connectivity index (χ4v) is 10.4. The van der Waals surface area contributed by atoms with Gasteiger partial charge in [0.25, 0.3) is 0 Å². The first-order chi connectivity index (χ1) is 27.3. The van der Waals surface area contributed by atoms with Crippen LogP contribution >= 0.6 is 11.3 Å². The van der Waals surface area contributed by atoms with Gasteiger partial charge in [0.2, 0.25) is 0 Å². The molecule has 1 heterocycles. The lowest BCUT2D eigenvalue weighted by Crippen LogP contribution is -2.28. The number of anilines is 3. The highest BCUT2D eigenvalue weighted by atomic mass is 32.1. The third-order valence-corrected chi connectivity index (χ3v) is 12.8. The molecule has 0 atom stereocenters. The molecule has 0 saturated heterocycles. The Morgan fingerprint density at radius 2 is 0.891 bits per heavy atom. The van der Waals surface area contributed by atoms with Crippen molar-refractivity contribution in [2.24, 2.45) is 0 Å². The zero-order chi connectivity index (χ0) is 36.3. The molecule has 1 aromatic heterocycles. The van der Waals surface area contributed by atoms with Crippen molar-refractivity contribution >= 4 is 59.3 Å². The molecule has 1 nitrogen and oxygen atoms in total. The summed E-state index contributed by atoms with van der Waals surface area (Å²) < 4.78 is 2.66. The summed E-state index contributed by atoms with van der Waals surface area (Å²) >= 11 is 1.88. The largest absolute Gasteiger partial charge is 0.310 e. The molecule has 10 aromatic rings. The summed E-state index contributed by atoms with van der Waals surface area (Å²) in [4.78, 5) is 2.42. The predicted molar refractivity (Wildman–Crippen MR) is 234 cm³/mol. The molecule has 0 fully saturated rings. The fourth-order valence-electron chi connectivity index (χ4n) is 9.17. The third kappa shape index (κ3) is 4.85. The van der Waals surface area contributed by atoms with Gasteiger partial charge in [0.1, 0.15) is 0 Å². The Balaban J connectivity index is 1.08. The van der Waals surface area contributed by atoms with Crippen molar-refractivity contribution in [3.63, 3.8) is 0 Å². The van der Waals surface area contributed by atoms with E-state index in [1.165, 1.54) is 75.5 Å². The predicted octanol–water partition coefficient (Wildman–Crippen LogP) is 14.7. The summed E-state index contributed by atoms with van der Waals surface area (Å²) in [7, 11) is 0. The smallest absolute Gasteiger partial charge is 0.0713 e. The molecular formula is C53H35NS. The summed E-state index contributed by atoms with van der Waals surface area (Å²) in [6, 6.07) is 78.2. The molecule has 0 N–H and O–H groups in total. The second-order valence-corrected chi connectivity index (χ2v) is 15.5. The van der Waals surface area contributed by atoms with Gasteiger partial charge < -0.3 is 4.90 Å². The summed E-state index contributed by atoms with van der Waals surface area (Å²) in [5.41, 5.74) is 13.2. The molecule has 1 aliphatic carbocycles. The minimum Gasteiger partial charge on any atom is -0.310 e. The molecule has 2 heteroatoms. The van der Waals surface area contributed by atoms with Crippen LogP contribution in [0, 0.1) is 0 Å². The molecule has 11 rings (SSSR count). The zero-order valence-corrected chi connectivity index (χ0v) is 30.9. The lowest BCUT2D eigenvalue weighted by Gasteiger charge is -2.34. The van der Waals surface area contributed by atoms with E-state index in [2.05, 4.69) is 217 Å². The molecule has 0 amide bonds. The van der Waals surface area contributed by atoms with Crippen LogP contribution in [0.3, 0.4) is 0 Å².